The molecule has 0 fully saturated rings. The van der Waals surface area contributed by atoms with Gasteiger partial charge in [-0.2, -0.15) is 0 Å². The van der Waals surface area contributed by atoms with Crippen LogP contribution in [-0.4, -0.2) is 138 Å². The Morgan fingerprint density at radius 3 is 0.890 bits per heavy atom. The monoisotopic (exact) mass is 1370 g/mol. The number of hydrogen-bond donors (Lipinski definition) is 9. The molecule has 0 radical (unpaired) electrons. The second-order valence-electron chi connectivity index (χ2n) is 26.0. The number of benzene rings is 6. The average molecular weight is 1370 g/mol. The fourth-order valence-corrected chi connectivity index (χ4v) is 11.9. The molecule has 25 nitrogen and oxygen atoms in total. The Labute approximate surface area is 579 Å². The lowest BCUT2D eigenvalue weighted by Crippen LogP contribution is -2.48. The van der Waals surface area contributed by atoms with Gasteiger partial charge in [-0.1, -0.05) is 146 Å². The van der Waals surface area contributed by atoms with Crippen LogP contribution >= 0.6 is 0 Å². The van der Waals surface area contributed by atoms with E-state index >= 15 is 0 Å². The lowest BCUT2D eigenvalue weighted by atomic mass is 9.98. The highest BCUT2D eigenvalue weighted by Crippen LogP contribution is 2.47. The SMILES string of the molecule is CC(C)(C)OC(=O)CCC[C@H](NC(=O)OCC1c2ccccc2-c2ccccc21)C(=O)NCC(N)=O.CC(C)(C)OC(=O)CCC[C@H](NC(=O)OCC1c2ccccc2-c2ccccc21)C(=O)O.NC(=O)CNC(=O)[C@H](CCCC(=O)O)NC(=O)OCC1c2ccccc2-c2ccccc21. The van der Waals surface area contributed by atoms with Gasteiger partial charge in [0.1, 0.15) is 49.1 Å². The van der Waals surface area contributed by atoms with Gasteiger partial charge in [0.15, 0.2) is 0 Å². The van der Waals surface area contributed by atoms with Gasteiger partial charge < -0.3 is 71.9 Å². The maximum atomic E-state index is 12.7. The zero-order valence-electron chi connectivity index (χ0n) is 56.8. The number of aliphatic carboxylic acids is 2. The van der Waals surface area contributed by atoms with Gasteiger partial charge in [0.2, 0.25) is 23.6 Å². The highest BCUT2D eigenvalue weighted by molar-refractivity contribution is 5.90. The minimum atomic E-state index is -1.18. The highest BCUT2D eigenvalue weighted by Gasteiger charge is 2.34. The molecule has 7 amide bonds. The number of primary amides is 2. The summed E-state index contributed by atoms with van der Waals surface area (Å²) < 4.78 is 26.9. The van der Waals surface area contributed by atoms with Crippen molar-refractivity contribution in [1.29, 1.82) is 0 Å². The number of carboxylic acids is 2. The van der Waals surface area contributed by atoms with Crippen LogP contribution in [-0.2, 0) is 62.0 Å². The molecule has 0 saturated heterocycles. The van der Waals surface area contributed by atoms with E-state index < -0.39 is 95.1 Å². The summed E-state index contributed by atoms with van der Waals surface area (Å²) in [6.07, 6.45) is -1.35. The topological polar surface area (TPSA) is 387 Å². The summed E-state index contributed by atoms with van der Waals surface area (Å²) in [6, 6.07) is 44.5. The number of hydrogen-bond acceptors (Lipinski definition) is 16. The summed E-state index contributed by atoms with van der Waals surface area (Å²) in [7, 11) is 0. The number of esters is 2. The Hall–Kier alpha value is -11.1. The molecule has 0 unspecified atom stereocenters. The number of nitrogens with two attached hydrogens (primary N) is 2. The summed E-state index contributed by atoms with van der Waals surface area (Å²) in [5.74, 6) is -6.04. The van der Waals surface area contributed by atoms with Crippen LogP contribution < -0.4 is 38.1 Å². The number of nitrogens with one attached hydrogen (secondary N) is 5. The van der Waals surface area contributed by atoms with Crippen molar-refractivity contribution in [2.75, 3.05) is 32.9 Å². The minimum absolute atomic E-state index is 0.0705. The molecule has 0 aliphatic heterocycles. The van der Waals surface area contributed by atoms with Crippen molar-refractivity contribution in [3.05, 3.63) is 179 Å². The Bertz CT molecular complexity index is 3800. The van der Waals surface area contributed by atoms with Gasteiger partial charge in [-0.25, -0.2) is 19.2 Å². The summed E-state index contributed by atoms with van der Waals surface area (Å²) in [6.45, 7) is 10.1. The summed E-state index contributed by atoms with van der Waals surface area (Å²) >= 11 is 0. The van der Waals surface area contributed by atoms with Crippen LogP contribution in [0.25, 0.3) is 33.4 Å². The third-order valence-electron chi connectivity index (χ3n) is 16.2. The van der Waals surface area contributed by atoms with Gasteiger partial charge in [0, 0.05) is 37.0 Å². The molecule has 9 rings (SSSR count). The standard InChI is InChI=1S/C27H33N3O6.C25H29NO6.C23H25N3O6/c1-27(2,3)36-24(32)14-8-13-22(25(33)29-15-23(28)31)30-26(34)35-16-21-19-11-6-4-9-17(19)18-10-5-7-12-20(18)21;1-25(2,3)32-22(27)14-8-13-21(23(28)29)26-24(30)31-15-20-18-11-6-4-9-16(18)17-10-5-7-12-19(17)20;24-20(27)12-25-22(30)19(10-5-11-21(28)29)26-23(31)32-13-18-16-8-3-1-6-14(16)15-7-2-4-9-17(15)18/h4-7,9-12,21-22H,8,13-16H2,1-3H3,(H2,28,31)(H,29,33)(H,30,34);4-7,9-12,20-21H,8,13-15H2,1-3H3,(H,26,30)(H,28,29);1-4,6-9,18-19H,5,10-13H2,(H2,24,27)(H,25,30)(H,26,31)(H,28,29)/t22-;21-;19-/m000/s1. The van der Waals surface area contributed by atoms with Gasteiger partial charge >= 0.3 is 42.2 Å². The second kappa shape index (κ2) is 35.9. The van der Waals surface area contributed by atoms with Crippen molar-refractivity contribution < 1.29 is 86.6 Å². The third-order valence-corrected chi connectivity index (χ3v) is 16.2. The predicted octanol–water partition coefficient (Wildman–Crippen LogP) is 9.25. The van der Waals surface area contributed by atoms with Crippen molar-refractivity contribution in [2.24, 2.45) is 11.5 Å². The zero-order valence-corrected chi connectivity index (χ0v) is 56.8. The molecule has 6 aromatic carbocycles. The van der Waals surface area contributed by atoms with Gasteiger partial charge in [-0.05, 0) is 147 Å². The molecule has 3 aliphatic carbocycles. The van der Waals surface area contributed by atoms with E-state index in [9.17, 15) is 57.8 Å². The van der Waals surface area contributed by atoms with Crippen LogP contribution in [0.5, 0.6) is 0 Å². The van der Waals surface area contributed by atoms with Crippen LogP contribution in [0, 0.1) is 0 Å². The molecule has 6 aromatic rings. The van der Waals surface area contributed by atoms with Crippen LogP contribution in [0.15, 0.2) is 146 Å². The molecule has 100 heavy (non-hydrogen) atoms. The number of rotatable bonds is 28. The van der Waals surface area contributed by atoms with Gasteiger partial charge in [-0.3, -0.25) is 33.6 Å². The zero-order chi connectivity index (χ0) is 72.7. The molecule has 0 bridgehead atoms. The molecule has 530 valence electrons. The molecule has 25 heteroatoms. The highest BCUT2D eigenvalue weighted by atomic mass is 16.6. The fraction of sp³-hybridized carbons (Fsp3) is 0.373. The van der Waals surface area contributed by atoms with Crippen molar-refractivity contribution in [1.82, 2.24) is 26.6 Å². The van der Waals surface area contributed by atoms with E-state index in [0.29, 0.717) is 0 Å². The van der Waals surface area contributed by atoms with E-state index in [2.05, 4.69) is 26.6 Å². The first-order chi connectivity index (χ1) is 47.6. The van der Waals surface area contributed by atoms with Crippen LogP contribution in [0.4, 0.5) is 14.4 Å². The first kappa shape index (κ1) is 76.3. The van der Waals surface area contributed by atoms with Gasteiger partial charge in [0.25, 0.3) is 0 Å². The summed E-state index contributed by atoms with van der Waals surface area (Å²) in [4.78, 5) is 130. The fourth-order valence-electron chi connectivity index (χ4n) is 11.9. The lowest BCUT2D eigenvalue weighted by Gasteiger charge is -2.21. The normalized spacial score (nSPS) is 13.2. The number of ether oxygens (including phenoxy) is 5. The summed E-state index contributed by atoms with van der Waals surface area (Å²) in [5.41, 5.74) is 22.0. The Morgan fingerprint density at radius 1 is 0.390 bits per heavy atom. The Kier molecular flexibility index (Phi) is 27.4. The van der Waals surface area contributed by atoms with E-state index in [1.807, 2.05) is 146 Å². The molecule has 3 aliphatic rings. The second-order valence-corrected chi connectivity index (χ2v) is 26.0. The number of carbonyl (C=O) groups excluding carboxylic acids is 9. The maximum Gasteiger partial charge on any atom is 0.407 e. The smallest absolute Gasteiger partial charge is 0.407 e. The first-order valence-electron chi connectivity index (χ1n) is 32.9. The Balaban J connectivity index is 0.000000211. The molecular weight excluding hydrogens is 1290 g/mol. The van der Waals surface area contributed by atoms with Crippen LogP contribution in [0.3, 0.4) is 0 Å². The van der Waals surface area contributed by atoms with E-state index in [0.717, 1.165) is 66.8 Å². The van der Waals surface area contributed by atoms with Crippen molar-refractivity contribution in [3.63, 3.8) is 0 Å². The predicted molar refractivity (Wildman–Crippen MR) is 369 cm³/mol. The number of alkyl carbamates (subject to hydrolysis) is 3. The third kappa shape index (κ3) is 22.7. The number of fused-ring (bicyclic) bond motifs is 9. The minimum Gasteiger partial charge on any atom is -0.481 e. The summed E-state index contributed by atoms with van der Waals surface area (Å²) in [5, 5.41) is 30.4. The van der Waals surface area contributed by atoms with Crippen molar-refractivity contribution >= 4 is 65.8 Å². The van der Waals surface area contributed by atoms with E-state index in [-0.39, 0.29) is 108 Å². The largest absolute Gasteiger partial charge is 0.481 e. The molecule has 11 N–H and O–H groups in total. The molecule has 0 heterocycles. The van der Waals surface area contributed by atoms with E-state index in [1.54, 1.807) is 41.5 Å². The number of carbonyl (C=O) groups is 11. The Morgan fingerprint density at radius 2 is 0.640 bits per heavy atom. The van der Waals surface area contributed by atoms with E-state index in [4.69, 9.17) is 40.3 Å². The lowest BCUT2D eigenvalue weighted by molar-refractivity contribution is -0.156. The average Bonchev–Trinajstić information content (AvgIpc) is 1.64. The molecule has 0 saturated carbocycles. The van der Waals surface area contributed by atoms with Crippen molar-refractivity contribution in [3.8, 4) is 33.4 Å². The van der Waals surface area contributed by atoms with Crippen LogP contribution in [0.1, 0.15) is 150 Å². The molecular formula is C75H87N7O18. The maximum absolute atomic E-state index is 12.7. The first-order valence-corrected chi connectivity index (χ1v) is 32.9. The molecule has 0 aromatic heterocycles. The van der Waals surface area contributed by atoms with Gasteiger partial charge in [-0.15, -0.1) is 0 Å². The van der Waals surface area contributed by atoms with Crippen molar-refractivity contribution in [2.45, 2.75) is 146 Å². The quantitative estimate of drug-likeness (QED) is 0.0163. The van der Waals surface area contributed by atoms with Crippen LogP contribution in [0.2, 0.25) is 0 Å². The van der Waals surface area contributed by atoms with Gasteiger partial charge in [0.05, 0.1) is 13.1 Å². The van der Waals surface area contributed by atoms with E-state index in [1.165, 1.54) is 0 Å². The molecule has 0 spiro atoms. The molecule has 3 atom stereocenters. The number of carboxylic acid groups (broad SMARTS) is 2. The number of amides is 7.